The number of esters is 1. The Kier molecular flexibility index (Phi) is 8.48. The van der Waals surface area contributed by atoms with Gasteiger partial charge in [0.25, 0.3) is 5.91 Å². The minimum atomic E-state index is -0.504. The number of methoxy groups -OCH3 is 1. The van der Waals surface area contributed by atoms with E-state index in [1.807, 2.05) is 42.5 Å². The molecule has 1 aliphatic rings. The van der Waals surface area contributed by atoms with Gasteiger partial charge in [0.05, 0.1) is 22.8 Å². The molecule has 0 N–H and O–H groups in total. The number of amides is 1. The summed E-state index contributed by atoms with van der Waals surface area (Å²) in [5.41, 5.74) is 3.68. The van der Waals surface area contributed by atoms with E-state index in [1.165, 1.54) is 16.9 Å². The first kappa shape index (κ1) is 26.7. The molecule has 3 aromatic rings. The molecule has 1 amide bonds. The lowest BCUT2D eigenvalue weighted by molar-refractivity contribution is -0.140. The number of aryl methyl sites for hydroxylation is 1. The molecule has 1 fully saturated rings. The summed E-state index contributed by atoms with van der Waals surface area (Å²) in [6.07, 6.45) is 2.58. The van der Waals surface area contributed by atoms with E-state index in [1.54, 1.807) is 30.3 Å². The minimum absolute atomic E-state index is 0.179. The van der Waals surface area contributed by atoms with E-state index >= 15 is 0 Å². The van der Waals surface area contributed by atoms with E-state index in [2.05, 4.69) is 6.92 Å². The van der Waals surface area contributed by atoms with Crippen molar-refractivity contribution >= 4 is 64.2 Å². The Bertz CT molecular complexity index is 1360. The van der Waals surface area contributed by atoms with Gasteiger partial charge in [-0.25, -0.2) is 0 Å². The quantitative estimate of drug-likeness (QED) is 0.185. The fraction of sp³-hybridized carbons (Fsp3) is 0.179. The van der Waals surface area contributed by atoms with Crippen LogP contribution in [0.15, 0.2) is 72.4 Å². The van der Waals surface area contributed by atoms with Crippen LogP contribution in [0.2, 0.25) is 10.0 Å². The number of halogens is 2. The summed E-state index contributed by atoms with van der Waals surface area (Å²) in [4.78, 5) is 28.5. The molecule has 6 nitrogen and oxygen atoms in total. The second-order valence-corrected chi connectivity index (χ2v) is 9.42. The molecule has 190 valence electrons. The zero-order valence-corrected chi connectivity index (χ0v) is 22.6. The number of nitrogens with zero attached hydrogens (tertiary/aromatic N) is 2. The zero-order valence-electron chi connectivity index (χ0n) is 20.2. The molecular weight excluding hydrogens is 531 g/mol. The van der Waals surface area contributed by atoms with Gasteiger partial charge < -0.3 is 14.4 Å². The van der Waals surface area contributed by atoms with Gasteiger partial charge in [0.2, 0.25) is 0 Å². The Labute approximate surface area is 231 Å². The van der Waals surface area contributed by atoms with Gasteiger partial charge in [0.1, 0.15) is 24.6 Å². The molecule has 0 unspecified atom stereocenters. The van der Waals surface area contributed by atoms with E-state index in [-0.39, 0.29) is 23.3 Å². The summed E-state index contributed by atoms with van der Waals surface area (Å²) in [5.74, 6) is -0.182. The van der Waals surface area contributed by atoms with Gasteiger partial charge in [-0.15, -0.1) is 0 Å². The van der Waals surface area contributed by atoms with E-state index in [0.717, 1.165) is 23.1 Å². The largest absolute Gasteiger partial charge is 0.489 e. The van der Waals surface area contributed by atoms with Crippen molar-refractivity contribution in [1.82, 2.24) is 4.90 Å². The predicted octanol–water partition coefficient (Wildman–Crippen LogP) is 6.28. The van der Waals surface area contributed by atoms with Crippen LogP contribution in [0, 0.1) is 0 Å². The van der Waals surface area contributed by atoms with Crippen LogP contribution in [0.5, 0.6) is 5.75 Å². The molecule has 37 heavy (non-hydrogen) atoms. The van der Waals surface area contributed by atoms with E-state index in [9.17, 15) is 9.59 Å². The summed E-state index contributed by atoms with van der Waals surface area (Å²) in [7, 11) is 1.30. The predicted molar refractivity (Wildman–Crippen MR) is 150 cm³/mol. The first-order chi connectivity index (χ1) is 17.8. The van der Waals surface area contributed by atoms with Crippen molar-refractivity contribution in [3.8, 4) is 5.75 Å². The maximum atomic E-state index is 13.5. The lowest BCUT2D eigenvalue weighted by Gasteiger charge is -2.19. The van der Waals surface area contributed by atoms with Gasteiger partial charge in [0.15, 0.2) is 5.11 Å². The number of rotatable bonds is 8. The average Bonchev–Trinajstić information content (AvgIpc) is 3.13. The van der Waals surface area contributed by atoms with Gasteiger partial charge in [-0.05, 0) is 77.8 Å². The van der Waals surface area contributed by atoms with Crippen molar-refractivity contribution < 1.29 is 19.1 Å². The lowest BCUT2D eigenvalue weighted by Crippen LogP contribution is -2.35. The van der Waals surface area contributed by atoms with Gasteiger partial charge in [-0.2, -0.15) is 0 Å². The van der Waals surface area contributed by atoms with Crippen molar-refractivity contribution in [2.24, 2.45) is 0 Å². The summed E-state index contributed by atoms with van der Waals surface area (Å²) in [6.45, 7) is 2.20. The average molecular weight is 555 g/mol. The van der Waals surface area contributed by atoms with E-state index in [4.69, 9.17) is 44.9 Å². The molecule has 1 heterocycles. The second-order valence-electron chi connectivity index (χ2n) is 8.24. The lowest BCUT2D eigenvalue weighted by atomic mass is 10.1. The monoisotopic (exact) mass is 554 g/mol. The Balaban J connectivity index is 1.56. The standard InChI is InChI=1S/C28H24Cl2N2O4S/c1-3-18-4-9-21(10-5-18)32-27(34)25(31(28(32)37)16-26(33)35-2)15-19-6-11-22(12-7-19)36-17-20-8-13-23(29)24(30)14-20/h4-15H,3,16-17H2,1-2H3/b25-15-. The highest BCUT2D eigenvalue weighted by Crippen LogP contribution is 2.30. The molecule has 3 aromatic carbocycles. The minimum Gasteiger partial charge on any atom is -0.489 e. The van der Waals surface area contributed by atoms with Crippen LogP contribution in [0.1, 0.15) is 23.6 Å². The van der Waals surface area contributed by atoms with E-state index in [0.29, 0.717) is 28.1 Å². The van der Waals surface area contributed by atoms with Crippen LogP contribution < -0.4 is 9.64 Å². The van der Waals surface area contributed by atoms with Gasteiger partial charge in [-0.1, -0.05) is 60.5 Å². The normalized spacial score (nSPS) is 14.4. The van der Waals surface area contributed by atoms with Gasteiger partial charge in [-0.3, -0.25) is 14.5 Å². The van der Waals surface area contributed by atoms with Crippen LogP contribution in [0.25, 0.3) is 6.08 Å². The second kappa shape index (κ2) is 11.8. The number of anilines is 1. The number of hydrogen-bond acceptors (Lipinski definition) is 5. The topological polar surface area (TPSA) is 59.1 Å². The summed E-state index contributed by atoms with van der Waals surface area (Å²) < 4.78 is 10.7. The molecule has 1 saturated heterocycles. The van der Waals surface area contributed by atoms with Gasteiger partial charge in [0, 0.05) is 0 Å². The molecule has 0 radical (unpaired) electrons. The summed E-state index contributed by atoms with van der Waals surface area (Å²) in [5, 5.41) is 1.17. The molecule has 9 heteroatoms. The molecule has 1 aliphatic heterocycles. The summed E-state index contributed by atoms with van der Waals surface area (Å²) in [6, 6.07) is 20.2. The molecule has 0 saturated carbocycles. The van der Waals surface area contributed by atoms with E-state index < -0.39 is 5.97 Å². The van der Waals surface area contributed by atoms with Crippen LogP contribution in [0.4, 0.5) is 5.69 Å². The third kappa shape index (κ3) is 6.13. The van der Waals surface area contributed by atoms with Crippen LogP contribution in [0.3, 0.4) is 0 Å². The molecule has 0 spiro atoms. The fourth-order valence-corrected chi connectivity index (χ4v) is 4.42. The maximum Gasteiger partial charge on any atom is 0.325 e. The number of benzene rings is 3. The Morgan fingerprint density at radius 3 is 2.27 bits per heavy atom. The number of thiocarbonyl (C=S) groups is 1. The third-order valence-corrected chi connectivity index (χ3v) is 6.97. The van der Waals surface area contributed by atoms with Crippen molar-refractivity contribution in [2.45, 2.75) is 20.0 Å². The highest BCUT2D eigenvalue weighted by atomic mass is 35.5. The number of hydrogen-bond donors (Lipinski definition) is 0. The zero-order chi connectivity index (χ0) is 26.5. The Morgan fingerprint density at radius 1 is 0.973 bits per heavy atom. The molecule has 4 rings (SSSR count). The Hall–Kier alpha value is -3.39. The Morgan fingerprint density at radius 2 is 1.65 bits per heavy atom. The molecule has 0 atom stereocenters. The molecule has 0 aromatic heterocycles. The highest BCUT2D eigenvalue weighted by Gasteiger charge is 2.40. The highest BCUT2D eigenvalue weighted by molar-refractivity contribution is 7.80. The van der Waals surface area contributed by atoms with Crippen molar-refractivity contribution in [1.29, 1.82) is 0 Å². The van der Waals surface area contributed by atoms with Crippen LogP contribution >= 0.6 is 35.4 Å². The molecule has 0 bridgehead atoms. The van der Waals surface area contributed by atoms with Crippen molar-refractivity contribution in [3.63, 3.8) is 0 Å². The van der Waals surface area contributed by atoms with Crippen molar-refractivity contribution in [2.75, 3.05) is 18.6 Å². The number of ether oxygens (including phenoxy) is 2. The summed E-state index contributed by atoms with van der Waals surface area (Å²) >= 11 is 17.6. The number of carbonyl (C=O) groups is 2. The smallest absolute Gasteiger partial charge is 0.325 e. The molecule has 0 aliphatic carbocycles. The maximum absolute atomic E-state index is 13.5. The first-order valence-electron chi connectivity index (χ1n) is 11.5. The van der Waals surface area contributed by atoms with Crippen molar-refractivity contribution in [3.05, 3.63) is 99.2 Å². The molecular formula is C28H24Cl2N2O4S. The first-order valence-corrected chi connectivity index (χ1v) is 12.7. The fourth-order valence-electron chi connectivity index (χ4n) is 3.75. The van der Waals surface area contributed by atoms with Crippen LogP contribution in [-0.2, 0) is 27.4 Å². The third-order valence-electron chi connectivity index (χ3n) is 5.83. The van der Waals surface area contributed by atoms with Crippen LogP contribution in [-0.4, -0.2) is 35.5 Å². The SMILES string of the molecule is CCc1ccc(N2C(=O)/C(=C/c3ccc(OCc4ccc(Cl)c(Cl)c4)cc3)N(CC(=O)OC)C2=S)cc1. The van der Waals surface area contributed by atoms with Gasteiger partial charge >= 0.3 is 5.97 Å². The number of carbonyl (C=O) groups excluding carboxylic acids is 2.